The highest BCUT2D eigenvalue weighted by molar-refractivity contribution is 9.10. The molecule has 0 aliphatic carbocycles. The Bertz CT molecular complexity index is 427. The van der Waals surface area contributed by atoms with Crippen molar-refractivity contribution in [2.45, 2.75) is 16.6 Å². The van der Waals surface area contributed by atoms with Crippen LogP contribution in [0.4, 0.5) is 32.0 Å². The molecule has 1 aromatic rings. The lowest BCUT2D eigenvalue weighted by Crippen LogP contribution is -2.11. The Morgan fingerprint density at radius 3 is 2.00 bits per heavy atom. The summed E-state index contributed by atoms with van der Waals surface area (Å²) < 4.78 is 73.6. The van der Waals surface area contributed by atoms with E-state index >= 15 is 0 Å². The van der Waals surface area contributed by atoms with Crippen molar-refractivity contribution in [3.63, 3.8) is 0 Å². The van der Waals surface area contributed by atoms with E-state index in [1.807, 2.05) is 0 Å². The number of nitrogen functional groups attached to an aromatic ring is 1. The first-order chi connectivity index (χ1) is 7.50. The monoisotopic (exact) mass is 339 g/mol. The van der Waals surface area contributed by atoms with Gasteiger partial charge in [0.2, 0.25) is 0 Å². The van der Waals surface area contributed by atoms with E-state index in [1.54, 1.807) is 0 Å². The minimum absolute atomic E-state index is 0.268. The molecule has 1 nitrogen and oxygen atoms in total. The summed E-state index contributed by atoms with van der Waals surface area (Å²) in [5.41, 5.74) is -1.32. The molecule has 0 aliphatic heterocycles. The van der Waals surface area contributed by atoms with Crippen molar-refractivity contribution in [3.8, 4) is 0 Å². The van der Waals surface area contributed by atoms with Gasteiger partial charge >= 0.3 is 11.7 Å². The summed E-state index contributed by atoms with van der Waals surface area (Å²) in [6, 6.07) is 1.46. The molecule has 1 aromatic carbocycles. The molecule has 9 heteroatoms. The summed E-state index contributed by atoms with van der Waals surface area (Å²) >= 11 is 1.81. The van der Waals surface area contributed by atoms with Crippen LogP contribution >= 0.6 is 27.7 Å². The van der Waals surface area contributed by atoms with E-state index < -0.39 is 33.9 Å². The topological polar surface area (TPSA) is 26.0 Å². The van der Waals surface area contributed by atoms with Crippen LogP contribution < -0.4 is 5.73 Å². The van der Waals surface area contributed by atoms with Gasteiger partial charge in [0.15, 0.2) is 0 Å². The van der Waals surface area contributed by atoms with Gasteiger partial charge in [0.1, 0.15) is 0 Å². The van der Waals surface area contributed by atoms with Gasteiger partial charge in [0, 0.05) is 15.1 Å². The van der Waals surface area contributed by atoms with E-state index in [1.165, 1.54) is 0 Å². The minimum atomic E-state index is -4.90. The lowest BCUT2D eigenvalue weighted by molar-refractivity contribution is -0.139. The van der Waals surface area contributed by atoms with Gasteiger partial charge in [-0.25, -0.2) is 0 Å². The van der Waals surface area contributed by atoms with Gasteiger partial charge in [0.05, 0.1) is 5.56 Å². The van der Waals surface area contributed by atoms with Crippen LogP contribution in [-0.2, 0) is 6.18 Å². The van der Waals surface area contributed by atoms with Crippen LogP contribution in [0.25, 0.3) is 0 Å². The Labute approximate surface area is 104 Å². The number of rotatable bonds is 1. The zero-order chi connectivity index (χ0) is 13.4. The van der Waals surface area contributed by atoms with Crippen molar-refractivity contribution in [2.24, 2.45) is 0 Å². The van der Waals surface area contributed by atoms with Crippen molar-refractivity contribution < 1.29 is 26.3 Å². The molecule has 0 saturated carbocycles. The number of anilines is 1. The van der Waals surface area contributed by atoms with Gasteiger partial charge in [-0.1, -0.05) is 0 Å². The van der Waals surface area contributed by atoms with Gasteiger partial charge in [-0.05, 0) is 39.8 Å². The first-order valence-electron chi connectivity index (χ1n) is 3.92. The number of benzene rings is 1. The zero-order valence-corrected chi connectivity index (χ0v) is 10.2. The zero-order valence-electron chi connectivity index (χ0n) is 7.79. The fourth-order valence-electron chi connectivity index (χ4n) is 1.04. The van der Waals surface area contributed by atoms with Crippen LogP contribution in [0.1, 0.15) is 5.56 Å². The third kappa shape index (κ3) is 3.98. The molecule has 0 atom stereocenters. The molecule has 0 bridgehead atoms. The molecule has 0 radical (unpaired) electrons. The second-order valence-electron chi connectivity index (χ2n) is 2.92. The normalized spacial score (nSPS) is 12.9. The molecule has 2 N–H and O–H groups in total. The van der Waals surface area contributed by atoms with Crippen molar-refractivity contribution in [2.75, 3.05) is 5.73 Å². The van der Waals surface area contributed by atoms with Crippen molar-refractivity contribution in [1.82, 2.24) is 0 Å². The summed E-state index contributed by atoms with van der Waals surface area (Å²) in [4.78, 5) is -0.945. The lowest BCUT2D eigenvalue weighted by Gasteiger charge is -2.16. The number of nitrogens with two attached hydrogens (primary N) is 1. The van der Waals surface area contributed by atoms with Gasteiger partial charge < -0.3 is 5.73 Å². The van der Waals surface area contributed by atoms with Crippen molar-refractivity contribution >= 4 is 33.4 Å². The van der Waals surface area contributed by atoms with Gasteiger partial charge in [-0.3, -0.25) is 0 Å². The maximum Gasteiger partial charge on any atom is 0.446 e. The van der Waals surface area contributed by atoms with Gasteiger partial charge in [-0.15, -0.1) is 0 Å². The average molecular weight is 340 g/mol. The van der Waals surface area contributed by atoms with E-state index in [-0.39, 0.29) is 10.2 Å². The first kappa shape index (κ1) is 14.5. The quantitative estimate of drug-likeness (QED) is 0.457. The van der Waals surface area contributed by atoms with Gasteiger partial charge in [0.25, 0.3) is 0 Å². The second-order valence-corrected chi connectivity index (χ2v) is 4.85. The van der Waals surface area contributed by atoms with Crippen LogP contribution in [0.15, 0.2) is 21.5 Å². The van der Waals surface area contributed by atoms with E-state index in [0.717, 1.165) is 6.07 Å². The van der Waals surface area contributed by atoms with E-state index in [9.17, 15) is 26.3 Å². The highest BCUT2D eigenvalue weighted by Crippen LogP contribution is 2.47. The molecular formula is C8H4BrF6NS. The molecule has 96 valence electrons. The van der Waals surface area contributed by atoms with E-state index in [2.05, 4.69) is 15.9 Å². The van der Waals surface area contributed by atoms with Crippen LogP contribution in [0.2, 0.25) is 0 Å². The van der Waals surface area contributed by atoms with Gasteiger partial charge in [-0.2, -0.15) is 26.3 Å². The van der Waals surface area contributed by atoms with Crippen LogP contribution in [0.5, 0.6) is 0 Å². The molecule has 0 amide bonds. The Kier molecular flexibility index (Phi) is 3.92. The molecule has 0 saturated heterocycles. The Hall–Kier alpha value is -0.570. The SMILES string of the molecule is Nc1cc(Br)c(SC(F)(F)F)c(C(F)(F)F)c1. The van der Waals surface area contributed by atoms with Crippen molar-refractivity contribution in [1.29, 1.82) is 0 Å². The minimum Gasteiger partial charge on any atom is -0.399 e. The van der Waals surface area contributed by atoms with Crippen LogP contribution in [-0.4, -0.2) is 5.51 Å². The molecule has 0 aliphatic rings. The van der Waals surface area contributed by atoms with E-state index in [4.69, 9.17) is 5.73 Å². The number of halogens is 7. The molecule has 1 rings (SSSR count). The van der Waals surface area contributed by atoms with Crippen LogP contribution in [0.3, 0.4) is 0 Å². The number of alkyl halides is 6. The highest BCUT2D eigenvalue weighted by atomic mass is 79.9. The predicted octanol–water partition coefficient (Wildman–Crippen LogP) is 4.66. The molecule has 0 spiro atoms. The average Bonchev–Trinajstić information content (AvgIpc) is 2.05. The molecule has 17 heavy (non-hydrogen) atoms. The molecule has 0 fully saturated rings. The number of hydrogen-bond donors (Lipinski definition) is 1. The summed E-state index contributed by atoms with van der Waals surface area (Å²) in [6.45, 7) is 0. The summed E-state index contributed by atoms with van der Waals surface area (Å²) in [7, 11) is 0. The molecule has 0 heterocycles. The van der Waals surface area contributed by atoms with E-state index in [0.29, 0.717) is 6.07 Å². The van der Waals surface area contributed by atoms with Crippen molar-refractivity contribution in [3.05, 3.63) is 22.2 Å². The predicted molar refractivity (Wildman–Crippen MR) is 55.5 cm³/mol. The molecular weight excluding hydrogens is 336 g/mol. The Morgan fingerprint density at radius 1 is 1.06 bits per heavy atom. The second kappa shape index (κ2) is 4.60. The lowest BCUT2D eigenvalue weighted by atomic mass is 10.2. The maximum atomic E-state index is 12.5. The largest absolute Gasteiger partial charge is 0.446 e. The standard InChI is InChI=1S/C8H4BrF6NS/c9-5-2-3(16)1-4(7(10,11)12)6(5)17-8(13,14)15/h1-2H,16H2. The number of thioether (sulfide) groups is 1. The maximum absolute atomic E-state index is 12.5. The molecule has 0 aromatic heterocycles. The Balaban J connectivity index is 3.36. The number of hydrogen-bond acceptors (Lipinski definition) is 2. The highest BCUT2D eigenvalue weighted by Gasteiger charge is 2.39. The fourth-order valence-corrected chi connectivity index (χ4v) is 2.44. The molecule has 0 unspecified atom stereocenters. The van der Waals surface area contributed by atoms with Crippen LogP contribution in [0, 0.1) is 0 Å². The summed E-state index contributed by atoms with van der Waals surface area (Å²) in [5.74, 6) is 0. The summed E-state index contributed by atoms with van der Waals surface area (Å²) in [6.07, 6.45) is -4.90. The summed E-state index contributed by atoms with van der Waals surface area (Å²) in [5, 5.41) is 0. The fraction of sp³-hybridized carbons (Fsp3) is 0.250. The smallest absolute Gasteiger partial charge is 0.399 e. The first-order valence-corrected chi connectivity index (χ1v) is 5.53. The third-order valence-electron chi connectivity index (χ3n) is 1.59. The third-order valence-corrected chi connectivity index (χ3v) is 3.35. The Morgan fingerprint density at radius 2 is 1.59 bits per heavy atom.